The van der Waals surface area contributed by atoms with E-state index in [9.17, 15) is 8.78 Å². The van der Waals surface area contributed by atoms with E-state index in [-0.39, 0.29) is 12.6 Å². The maximum atomic E-state index is 12.4. The second-order valence-corrected chi connectivity index (χ2v) is 7.55. The van der Waals surface area contributed by atoms with Crippen LogP contribution in [0.2, 0.25) is 0 Å². The fourth-order valence-corrected chi connectivity index (χ4v) is 3.40. The number of hydrogen-bond donors (Lipinski definition) is 1. The second-order valence-electron chi connectivity index (χ2n) is 7.55. The zero-order chi connectivity index (χ0) is 14.0. The highest BCUT2D eigenvalue weighted by Gasteiger charge is 2.37. The Balaban J connectivity index is 1.88. The van der Waals surface area contributed by atoms with E-state index < -0.39 is 6.43 Å². The van der Waals surface area contributed by atoms with Gasteiger partial charge in [-0.2, -0.15) is 0 Å². The van der Waals surface area contributed by atoms with Crippen molar-refractivity contribution in [3.63, 3.8) is 0 Å². The number of nitrogens with zero attached hydrogens (tertiary/aromatic N) is 1. The third-order valence-corrected chi connectivity index (χ3v) is 4.09. The molecule has 2 nitrogen and oxygen atoms in total. The molecular formula is C15H28F2N2. The first kappa shape index (κ1) is 15.2. The number of alkyl halides is 2. The summed E-state index contributed by atoms with van der Waals surface area (Å²) in [7, 11) is 0. The maximum absolute atomic E-state index is 12.4. The molecule has 0 aromatic carbocycles. The van der Waals surface area contributed by atoms with Gasteiger partial charge in [0.1, 0.15) is 0 Å². The van der Waals surface area contributed by atoms with Gasteiger partial charge in [-0.15, -0.1) is 0 Å². The van der Waals surface area contributed by atoms with Crippen LogP contribution in [0.15, 0.2) is 0 Å². The van der Waals surface area contributed by atoms with Crippen molar-refractivity contribution in [1.29, 1.82) is 0 Å². The summed E-state index contributed by atoms with van der Waals surface area (Å²) in [5.74, 6) is 0.643. The fourth-order valence-electron chi connectivity index (χ4n) is 3.40. The van der Waals surface area contributed by atoms with Crippen molar-refractivity contribution in [2.45, 2.75) is 65.0 Å². The molecule has 1 aliphatic heterocycles. The molecule has 0 radical (unpaired) electrons. The van der Waals surface area contributed by atoms with Gasteiger partial charge in [0, 0.05) is 25.2 Å². The van der Waals surface area contributed by atoms with Gasteiger partial charge in [-0.1, -0.05) is 20.8 Å². The van der Waals surface area contributed by atoms with Gasteiger partial charge in [-0.05, 0) is 37.0 Å². The van der Waals surface area contributed by atoms with Crippen molar-refractivity contribution in [3.8, 4) is 0 Å². The highest BCUT2D eigenvalue weighted by atomic mass is 19.3. The van der Waals surface area contributed by atoms with Gasteiger partial charge in [0.05, 0.1) is 6.54 Å². The minimum Gasteiger partial charge on any atom is -0.307 e. The summed E-state index contributed by atoms with van der Waals surface area (Å²) in [6.07, 6.45) is 2.58. The number of piperidine rings is 1. The molecule has 1 N–H and O–H groups in total. The highest BCUT2D eigenvalue weighted by molar-refractivity contribution is 4.93. The summed E-state index contributed by atoms with van der Waals surface area (Å²) >= 11 is 0. The zero-order valence-corrected chi connectivity index (χ0v) is 12.5. The molecule has 0 bridgehead atoms. The third kappa shape index (κ3) is 5.35. The molecule has 0 aromatic rings. The Kier molecular flexibility index (Phi) is 4.83. The van der Waals surface area contributed by atoms with Crippen LogP contribution in [0.5, 0.6) is 0 Å². The lowest BCUT2D eigenvalue weighted by atomic mass is 9.80. The minimum atomic E-state index is -2.24. The predicted molar refractivity (Wildman–Crippen MR) is 74.6 cm³/mol. The van der Waals surface area contributed by atoms with Crippen molar-refractivity contribution in [1.82, 2.24) is 10.2 Å². The molecule has 1 heterocycles. The number of likely N-dealkylation sites (tertiary alicyclic amines) is 1. The van der Waals surface area contributed by atoms with E-state index in [1.54, 1.807) is 0 Å². The van der Waals surface area contributed by atoms with Crippen LogP contribution in [0, 0.1) is 11.3 Å². The lowest BCUT2D eigenvalue weighted by Gasteiger charge is -2.40. The molecule has 2 atom stereocenters. The monoisotopic (exact) mass is 274 g/mol. The maximum Gasteiger partial charge on any atom is 0.250 e. The van der Waals surface area contributed by atoms with E-state index in [1.807, 2.05) is 0 Å². The SMILES string of the molecule is CC(C)(C)CC1CC(NCC(F)F)CN(C2CC2)C1. The summed E-state index contributed by atoms with van der Waals surface area (Å²) in [4.78, 5) is 2.53. The van der Waals surface area contributed by atoms with E-state index in [0.717, 1.165) is 25.6 Å². The van der Waals surface area contributed by atoms with Gasteiger partial charge in [0.2, 0.25) is 0 Å². The largest absolute Gasteiger partial charge is 0.307 e. The van der Waals surface area contributed by atoms with Crippen LogP contribution in [0.1, 0.15) is 46.5 Å². The van der Waals surface area contributed by atoms with Crippen LogP contribution in [0.3, 0.4) is 0 Å². The highest BCUT2D eigenvalue weighted by Crippen LogP contribution is 2.35. The van der Waals surface area contributed by atoms with E-state index in [4.69, 9.17) is 0 Å². The molecule has 2 fully saturated rings. The molecule has 0 aromatic heterocycles. The van der Waals surface area contributed by atoms with Crippen LogP contribution in [-0.2, 0) is 0 Å². The lowest BCUT2D eigenvalue weighted by Crippen LogP contribution is -2.51. The van der Waals surface area contributed by atoms with Gasteiger partial charge < -0.3 is 5.32 Å². The first-order valence-corrected chi connectivity index (χ1v) is 7.59. The summed E-state index contributed by atoms with van der Waals surface area (Å²) in [5, 5.41) is 3.06. The Bertz CT molecular complexity index is 284. The topological polar surface area (TPSA) is 15.3 Å². The van der Waals surface area contributed by atoms with Crippen LogP contribution in [0.4, 0.5) is 8.78 Å². The van der Waals surface area contributed by atoms with Crippen molar-refractivity contribution in [2.24, 2.45) is 11.3 Å². The molecule has 0 spiro atoms. The van der Waals surface area contributed by atoms with Gasteiger partial charge in [0.15, 0.2) is 0 Å². The fraction of sp³-hybridized carbons (Fsp3) is 1.00. The average molecular weight is 274 g/mol. The molecule has 19 heavy (non-hydrogen) atoms. The molecule has 4 heteroatoms. The number of hydrogen-bond acceptors (Lipinski definition) is 2. The van der Waals surface area contributed by atoms with E-state index in [0.29, 0.717) is 11.3 Å². The molecule has 1 saturated heterocycles. The summed E-state index contributed by atoms with van der Waals surface area (Å²) in [5.41, 5.74) is 0.324. The van der Waals surface area contributed by atoms with Crippen molar-refractivity contribution < 1.29 is 8.78 Å². The lowest BCUT2D eigenvalue weighted by molar-refractivity contribution is 0.0904. The third-order valence-electron chi connectivity index (χ3n) is 4.09. The second kappa shape index (κ2) is 6.04. The van der Waals surface area contributed by atoms with Crippen LogP contribution in [-0.4, -0.2) is 43.0 Å². The molecule has 0 amide bonds. The Hall–Kier alpha value is -0.220. The number of nitrogens with one attached hydrogen (secondary N) is 1. The molecule has 1 aliphatic carbocycles. The van der Waals surface area contributed by atoms with Crippen LogP contribution in [0.25, 0.3) is 0 Å². The first-order chi connectivity index (χ1) is 8.83. The van der Waals surface area contributed by atoms with Crippen molar-refractivity contribution >= 4 is 0 Å². The van der Waals surface area contributed by atoms with Crippen molar-refractivity contribution in [2.75, 3.05) is 19.6 Å². The van der Waals surface area contributed by atoms with Gasteiger partial charge in [-0.3, -0.25) is 4.90 Å². The van der Waals surface area contributed by atoms with Gasteiger partial charge in [0.25, 0.3) is 6.43 Å². The zero-order valence-electron chi connectivity index (χ0n) is 12.5. The summed E-state index contributed by atoms with van der Waals surface area (Å²) in [6.45, 7) is 8.76. The molecule has 2 aliphatic rings. The smallest absolute Gasteiger partial charge is 0.250 e. The molecular weight excluding hydrogens is 246 g/mol. The summed E-state index contributed by atoms with van der Waals surface area (Å²) in [6, 6.07) is 0.981. The molecule has 1 saturated carbocycles. The van der Waals surface area contributed by atoms with E-state index >= 15 is 0 Å². The molecule has 2 rings (SSSR count). The van der Waals surface area contributed by atoms with Crippen LogP contribution < -0.4 is 5.32 Å². The number of halogens is 2. The minimum absolute atomic E-state index is 0.161. The average Bonchev–Trinajstić information content (AvgIpc) is 3.07. The Morgan fingerprint density at radius 2 is 1.89 bits per heavy atom. The summed E-state index contributed by atoms with van der Waals surface area (Å²) < 4.78 is 24.7. The van der Waals surface area contributed by atoms with Gasteiger partial charge in [-0.25, -0.2) is 8.78 Å². The number of rotatable bonds is 5. The van der Waals surface area contributed by atoms with E-state index in [1.165, 1.54) is 19.3 Å². The Labute approximate surface area is 115 Å². The van der Waals surface area contributed by atoms with E-state index in [2.05, 4.69) is 31.0 Å². The Morgan fingerprint density at radius 1 is 1.21 bits per heavy atom. The Morgan fingerprint density at radius 3 is 2.42 bits per heavy atom. The van der Waals surface area contributed by atoms with Crippen LogP contribution >= 0.6 is 0 Å². The molecule has 112 valence electrons. The van der Waals surface area contributed by atoms with Crippen molar-refractivity contribution in [3.05, 3.63) is 0 Å². The standard InChI is InChI=1S/C15H28F2N2/c1-15(2,3)7-11-6-12(18-8-14(16)17)10-19(9-11)13-4-5-13/h11-14,18H,4-10H2,1-3H3. The molecule has 2 unspecified atom stereocenters. The van der Waals surface area contributed by atoms with Gasteiger partial charge >= 0.3 is 0 Å². The predicted octanol–water partition coefficient (Wildman–Crippen LogP) is 3.13. The first-order valence-electron chi connectivity index (χ1n) is 7.59. The normalized spacial score (nSPS) is 30.0. The quantitative estimate of drug-likeness (QED) is 0.828.